The summed E-state index contributed by atoms with van der Waals surface area (Å²) in [7, 11) is 0. The highest BCUT2D eigenvalue weighted by molar-refractivity contribution is 6.27. The number of carbonyl (C=O) groups excluding carboxylic acids is 3. The normalized spacial score (nSPS) is 20.9. The number of hydrogen-bond acceptors (Lipinski definition) is 3. The van der Waals surface area contributed by atoms with Crippen molar-refractivity contribution in [2.24, 2.45) is 5.41 Å². The van der Waals surface area contributed by atoms with Gasteiger partial charge in [0.05, 0.1) is 0 Å². The Morgan fingerprint density at radius 2 is 1.69 bits per heavy atom. The van der Waals surface area contributed by atoms with Crippen molar-refractivity contribution in [2.45, 2.75) is 13.3 Å². The molecule has 5 nitrogen and oxygen atoms in total. The van der Waals surface area contributed by atoms with Crippen molar-refractivity contribution in [3.05, 3.63) is 0 Å². The fraction of sp³-hybridized carbons (Fsp3) is 0.571. The third-order valence-electron chi connectivity index (χ3n) is 2.16. The van der Waals surface area contributed by atoms with Gasteiger partial charge in [-0.3, -0.25) is 20.2 Å². The van der Waals surface area contributed by atoms with Crippen LogP contribution in [0.15, 0.2) is 0 Å². The van der Waals surface area contributed by atoms with Crippen LogP contribution >= 0.6 is 11.6 Å². The van der Waals surface area contributed by atoms with Gasteiger partial charge in [-0.25, -0.2) is 4.79 Å². The third-order valence-corrected chi connectivity index (χ3v) is 2.61. The van der Waals surface area contributed by atoms with E-state index < -0.39 is 23.3 Å². The lowest BCUT2D eigenvalue weighted by molar-refractivity contribution is -0.143. The number of halogens is 1. The average molecular weight is 205 g/mol. The highest BCUT2D eigenvalue weighted by atomic mass is 35.5. The second-order valence-corrected chi connectivity index (χ2v) is 3.07. The van der Waals surface area contributed by atoms with Gasteiger partial charge in [-0.2, -0.15) is 0 Å². The maximum absolute atomic E-state index is 11.3. The van der Waals surface area contributed by atoms with E-state index in [0.717, 1.165) is 0 Å². The van der Waals surface area contributed by atoms with E-state index in [1.165, 1.54) is 0 Å². The maximum atomic E-state index is 11.3. The Morgan fingerprint density at radius 3 is 2.00 bits per heavy atom. The molecule has 0 spiro atoms. The number of urea groups is 1. The molecule has 1 rings (SSSR count). The number of imide groups is 2. The molecule has 0 aromatic heterocycles. The van der Waals surface area contributed by atoms with E-state index >= 15 is 0 Å². The first kappa shape index (κ1) is 9.98. The Bertz CT molecular complexity index is 251. The molecule has 1 saturated heterocycles. The van der Waals surface area contributed by atoms with Crippen LogP contribution in [-0.4, -0.2) is 23.7 Å². The van der Waals surface area contributed by atoms with Crippen LogP contribution in [-0.2, 0) is 9.59 Å². The van der Waals surface area contributed by atoms with Crippen LogP contribution in [0.3, 0.4) is 0 Å². The fourth-order valence-corrected chi connectivity index (χ4v) is 1.55. The zero-order valence-corrected chi connectivity index (χ0v) is 7.77. The second kappa shape index (κ2) is 3.33. The molecule has 6 heteroatoms. The van der Waals surface area contributed by atoms with Gasteiger partial charge >= 0.3 is 6.03 Å². The van der Waals surface area contributed by atoms with Crippen molar-refractivity contribution in [3.8, 4) is 0 Å². The summed E-state index contributed by atoms with van der Waals surface area (Å²) in [5.74, 6) is -1.38. The zero-order chi connectivity index (χ0) is 10.1. The summed E-state index contributed by atoms with van der Waals surface area (Å²) in [6.45, 7) is 1.66. The number of alkyl halides is 1. The van der Waals surface area contributed by atoms with Crippen molar-refractivity contribution in [1.82, 2.24) is 10.6 Å². The van der Waals surface area contributed by atoms with Gasteiger partial charge in [0, 0.05) is 5.88 Å². The van der Waals surface area contributed by atoms with Gasteiger partial charge in [0.15, 0.2) is 0 Å². The topological polar surface area (TPSA) is 75.3 Å². The van der Waals surface area contributed by atoms with Gasteiger partial charge in [-0.15, -0.1) is 11.6 Å². The first-order valence-electron chi connectivity index (χ1n) is 3.79. The number of rotatable bonds is 2. The van der Waals surface area contributed by atoms with Crippen LogP contribution in [0.25, 0.3) is 0 Å². The Hall–Kier alpha value is -1.10. The first-order valence-corrected chi connectivity index (χ1v) is 4.33. The summed E-state index contributed by atoms with van der Waals surface area (Å²) >= 11 is 5.54. The Kier molecular flexibility index (Phi) is 2.56. The van der Waals surface area contributed by atoms with Crippen molar-refractivity contribution in [2.75, 3.05) is 5.88 Å². The summed E-state index contributed by atoms with van der Waals surface area (Å²) in [4.78, 5) is 33.3. The monoisotopic (exact) mass is 204 g/mol. The lowest BCUT2D eigenvalue weighted by Gasteiger charge is -2.30. The number of barbiturate groups is 1. The first-order chi connectivity index (χ1) is 6.06. The Balaban J connectivity index is 3.01. The molecule has 0 atom stereocenters. The predicted molar refractivity (Wildman–Crippen MR) is 45.1 cm³/mol. The molecular weight excluding hydrogens is 196 g/mol. The molecule has 0 aliphatic carbocycles. The lowest BCUT2D eigenvalue weighted by Crippen LogP contribution is -2.63. The molecular formula is C7H9ClN2O3. The van der Waals surface area contributed by atoms with Crippen molar-refractivity contribution in [3.63, 3.8) is 0 Å². The molecule has 0 bridgehead atoms. The van der Waals surface area contributed by atoms with E-state index in [1.807, 2.05) is 10.6 Å². The van der Waals surface area contributed by atoms with E-state index in [-0.39, 0.29) is 12.3 Å². The van der Waals surface area contributed by atoms with Crippen LogP contribution < -0.4 is 10.6 Å². The average Bonchev–Trinajstić information content (AvgIpc) is 2.05. The van der Waals surface area contributed by atoms with E-state index in [0.29, 0.717) is 0 Å². The van der Waals surface area contributed by atoms with E-state index in [1.54, 1.807) is 6.92 Å². The highest BCUT2D eigenvalue weighted by Crippen LogP contribution is 2.26. The van der Waals surface area contributed by atoms with Crippen molar-refractivity contribution in [1.29, 1.82) is 0 Å². The van der Waals surface area contributed by atoms with Gasteiger partial charge in [0.25, 0.3) is 0 Å². The standard InChI is InChI=1S/C7H9ClN2O3/c1-2-7(3-8)4(11)9-6(13)10-5(7)12/h2-3H2,1H3,(H2,9,10,11,12,13). The SMILES string of the molecule is CCC1(CCl)C(=O)NC(=O)NC1=O. The summed E-state index contributed by atoms with van der Waals surface area (Å²) in [6, 6.07) is -0.788. The minimum absolute atomic E-state index is 0.131. The zero-order valence-electron chi connectivity index (χ0n) is 7.02. The molecule has 0 aromatic carbocycles. The van der Waals surface area contributed by atoms with Crippen LogP contribution in [0.4, 0.5) is 4.79 Å². The predicted octanol–water partition coefficient (Wildman–Crippen LogP) is -0.0124. The molecule has 1 aliphatic rings. The van der Waals surface area contributed by atoms with E-state index in [9.17, 15) is 14.4 Å². The molecule has 0 aromatic rings. The van der Waals surface area contributed by atoms with Crippen LogP contribution in [0.5, 0.6) is 0 Å². The fourth-order valence-electron chi connectivity index (χ4n) is 1.12. The molecule has 2 N–H and O–H groups in total. The van der Waals surface area contributed by atoms with E-state index in [4.69, 9.17) is 11.6 Å². The van der Waals surface area contributed by atoms with E-state index in [2.05, 4.69) is 0 Å². The number of hydrogen-bond donors (Lipinski definition) is 2. The Labute approximate surface area is 79.8 Å². The molecule has 0 unspecified atom stereocenters. The maximum Gasteiger partial charge on any atom is 0.328 e. The van der Waals surface area contributed by atoms with Crippen molar-refractivity contribution < 1.29 is 14.4 Å². The van der Waals surface area contributed by atoms with Crippen LogP contribution in [0.2, 0.25) is 0 Å². The largest absolute Gasteiger partial charge is 0.328 e. The summed E-state index contributed by atoms with van der Waals surface area (Å²) in [5.41, 5.74) is -1.30. The summed E-state index contributed by atoms with van der Waals surface area (Å²) in [6.07, 6.45) is 0.265. The smallest absolute Gasteiger partial charge is 0.277 e. The van der Waals surface area contributed by atoms with Crippen molar-refractivity contribution >= 4 is 29.4 Å². The molecule has 0 saturated carbocycles. The number of nitrogens with one attached hydrogen (secondary N) is 2. The molecule has 1 aliphatic heterocycles. The molecule has 72 valence electrons. The van der Waals surface area contributed by atoms with Gasteiger partial charge in [0.1, 0.15) is 5.41 Å². The summed E-state index contributed by atoms with van der Waals surface area (Å²) in [5, 5.41) is 4.02. The number of carbonyl (C=O) groups is 3. The molecule has 13 heavy (non-hydrogen) atoms. The van der Waals surface area contributed by atoms with Gasteiger partial charge in [0.2, 0.25) is 11.8 Å². The molecule has 1 fully saturated rings. The van der Waals surface area contributed by atoms with Gasteiger partial charge in [-0.05, 0) is 6.42 Å². The third kappa shape index (κ3) is 1.39. The van der Waals surface area contributed by atoms with Gasteiger partial charge < -0.3 is 0 Å². The second-order valence-electron chi connectivity index (χ2n) is 2.81. The summed E-state index contributed by atoms with van der Waals surface area (Å²) < 4.78 is 0. The highest BCUT2D eigenvalue weighted by Gasteiger charge is 2.48. The van der Waals surface area contributed by atoms with Crippen LogP contribution in [0.1, 0.15) is 13.3 Å². The molecule has 0 radical (unpaired) electrons. The Morgan fingerprint density at radius 1 is 1.23 bits per heavy atom. The minimum Gasteiger partial charge on any atom is -0.277 e. The van der Waals surface area contributed by atoms with Crippen LogP contribution in [0, 0.1) is 5.41 Å². The molecule has 4 amide bonds. The minimum atomic E-state index is -1.30. The molecule has 1 heterocycles. The van der Waals surface area contributed by atoms with Gasteiger partial charge in [-0.1, -0.05) is 6.92 Å². The number of amides is 4. The quantitative estimate of drug-likeness (QED) is 0.491. The lowest BCUT2D eigenvalue weighted by atomic mass is 9.84.